The Morgan fingerprint density at radius 3 is 2.37 bits per heavy atom. The molecule has 0 aliphatic carbocycles. The number of nitrogens with one attached hydrogen (secondary N) is 1. The monoisotopic (exact) mass is 388 g/mol. The maximum Gasteiger partial charge on any atom is 0.344 e. The second kappa shape index (κ2) is 8.82. The van der Waals surface area contributed by atoms with Crippen LogP contribution in [0.15, 0.2) is 53.4 Å². The van der Waals surface area contributed by atoms with E-state index in [1.54, 1.807) is 24.3 Å². The van der Waals surface area contributed by atoms with Gasteiger partial charge < -0.3 is 14.8 Å². The van der Waals surface area contributed by atoms with Crippen LogP contribution in [0.25, 0.3) is 0 Å². The number of benzene rings is 2. The lowest BCUT2D eigenvalue weighted by Crippen LogP contribution is -2.23. The van der Waals surface area contributed by atoms with E-state index in [2.05, 4.69) is 5.32 Å². The topological polar surface area (TPSA) is 123 Å². The van der Waals surface area contributed by atoms with Gasteiger partial charge in [0.25, 0.3) is 5.91 Å². The summed E-state index contributed by atoms with van der Waals surface area (Å²) in [6, 6.07) is 13.9. The Bertz CT molecular complexity index is 978. The van der Waals surface area contributed by atoms with E-state index < -0.39 is 34.9 Å². The number of carbonyl (C=O) groups excluding carboxylic acids is 2. The van der Waals surface area contributed by atoms with E-state index in [1.807, 2.05) is 6.07 Å². The molecular formula is C18H16N2O6S. The van der Waals surface area contributed by atoms with Gasteiger partial charge in [-0.2, -0.15) is 5.26 Å². The third-order valence-electron chi connectivity index (χ3n) is 3.28. The van der Waals surface area contributed by atoms with Crippen LogP contribution in [0.3, 0.4) is 0 Å². The van der Waals surface area contributed by atoms with Gasteiger partial charge in [0.2, 0.25) is 0 Å². The lowest BCUT2D eigenvalue weighted by atomic mass is 10.2. The second-order valence-corrected chi connectivity index (χ2v) is 7.42. The number of nitriles is 1. The fourth-order valence-corrected chi connectivity index (χ4v) is 2.62. The smallest absolute Gasteiger partial charge is 0.344 e. The van der Waals surface area contributed by atoms with Gasteiger partial charge in [-0.1, -0.05) is 12.1 Å². The van der Waals surface area contributed by atoms with Crippen LogP contribution in [0.2, 0.25) is 0 Å². The van der Waals surface area contributed by atoms with E-state index in [4.69, 9.17) is 14.7 Å². The molecule has 0 fully saturated rings. The average molecular weight is 388 g/mol. The van der Waals surface area contributed by atoms with Crippen molar-refractivity contribution in [2.24, 2.45) is 0 Å². The van der Waals surface area contributed by atoms with Crippen molar-refractivity contribution in [3.05, 3.63) is 54.1 Å². The number of carbonyl (C=O) groups is 2. The molecule has 0 aliphatic heterocycles. The highest BCUT2D eigenvalue weighted by Gasteiger charge is 2.11. The van der Waals surface area contributed by atoms with Crippen molar-refractivity contribution in [1.29, 1.82) is 5.26 Å². The number of rotatable bonds is 7. The molecule has 0 aromatic heterocycles. The van der Waals surface area contributed by atoms with Gasteiger partial charge in [0.15, 0.2) is 23.1 Å². The van der Waals surface area contributed by atoms with E-state index in [0.717, 1.165) is 6.26 Å². The molecule has 0 radical (unpaired) electrons. The van der Waals surface area contributed by atoms with Crippen molar-refractivity contribution < 1.29 is 27.5 Å². The van der Waals surface area contributed by atoms with Crippen LogP contribution in [0, 0.1) is 11.3 Å². The van der Waals surface area contributed by atoms with E-state index in [9.17, 15) is 18.0 Å². The average Bonchev–Trinajstić information content (AvgIpc) is 2.64. The van der Waals surface area contributed by atoms with Gasteiger partial charge in [-0.15, -0.1) is 0 Å². The maximum absolute atomic E-state index is 11.8. The molecule has 1 N–H and O–H groups in total. The second-order valence-electron chi connectivity index (χ2n) is 5.40. The van der Waals surface area contributed by atoms with Crippen molar-refractivity contribution in [2.45, 2.75) is 4.90 Å². The molecule has 0 aliphatic rings. The Morgan fingerprint density at radius 2 is 1.74 bits per heavy atom. The first kappa shape index (κ1) is 19.9. The summed E-state index contributed by atoms with van der Waals surface area (Å²) >= 11 is 0. The molecule has 0 saturated heterocycles. The maximum atomic E-state index is 11.8. The fraction of sp³-hybridized carbons (Fsp3) is 0.167. The highest BCUT2D eigenvalue weighted by atomic mass is 32.2. The zero-order chi connectivity index (χ0) is 19.9. The minimum atomic E-state index is -3.32. The van der Waals surface area contributed by atoms with Crippen LogP contribution in [0.4, 0.5) is 5.69 Å². The standard InChI is InChI=1S/C18H16N2O6S/c1-27(23,24)15-8-6-14(7-9-15)20-17(21)11-26-18(22)12-25-16-5-3-2-4-13(16)10-19/h2-9H,11-12H2,1H3,(H,20,21). The number of nitrogens with zero attached hydrogens (tertiary/aromatic N) is 1. The molecule has 8 nitrogen and oxygen atoms in total. The minimum Gasteiger partial charge on any atom is -0.481 e. The van der Waals surface area contributed by atoms with E-state index in [1.165, 1.54) is 24.3 Å². The zero-order valence-electron chi connectivity index (χ0n) is 14.3. The van der Waals surface area contributed by atoms with Gasteiger partial charge in [0.1, 0.15) is 11.8 Å². The molecular weight excluding hydrogens is 372 g/mol. The van der Waals surface area contributed by atoms with Crippen molar-refractivity contribution in [3.8, 4) is 11.8 Å². The van der Waals surface area contributed by atoms with Gasteiger partial charge in [-0.05, 0) is 36.4 Å². The lowest BCUT2D eigenvalue weighted by Gasteiger charge is -2.09. The summed E-state index contributed by atoms with van der Waals surface area (Å²) in [4.78, 5) is 23.6. The molecule has 1 amide bonds. The predicted molar refractivity (Wildman–Crippen MR) is 95.8 cm³/mol. The van der Waals surface area contributed by atoms with Crippen LogP contribution in [0.5, 0.6) is 5.75 Å². The summed E-state index contributed by atoms with van der Waals surface area (Å²) in [6.07, 6.45) is 1.08. The van der Waals surface area contributed by atoms with Crippen LogP contribution < -0.4 is 10.1 Å². The normalized spacial score (nSPS) is 10.5. The summed E-state index contributed by atoms with van der Waals surface area (Å²) in [5.41, 5.74) is 0.642. The first-order chi connectivity index (χ1) is 12.8. The summed E-state index contributed by atoms with van der Waals surface area (Å²) in [6.45, 7) is -0.981. The highest BCUT2D eigenvalue weighted by Crippen LogP contribution is 2.16. The minimum absolute atomic E-state index is 0.127. The van der Waals surface area contributed by atoms with Crippen LogP contribution in [-0.2, 0) is 24.2 Å². The first-order valence-electron chi connectivity index (χ1n) is 7.67. The molecule has 0 bridgehead atoms. The van der Waals surface area contributed by atoms with Crippen LogP contribution in [-0.4, -0.2) is 39.8 Å². The summed E-state index contributed by atoms with van der Waals surface area (Å²) in [5.74, 6) is -1.12. The Balaban J connectivity index is 1.79. The fourth-order valence-electron chi connectivity index (χ4n) is 1.99. The Hall–Kier alpha value is -3.38. The van der Waals surface area contributed by atoms with E-state index in [-0.39, 0.29) is 16.2 Å². The molecule has 27 heavy (non-hydrogen) atoms. The van der Waals surface area contributed by atoms with Gasteiger partial charge in [0.05, 0.1) is 10.5 Å². The van der Waals surface area contributed by atoms with Crippen molar-refractivity contribution in [3.63, 3.8) is 0 Å². The number of hydrogen-bond donors (Lipinski definition) is 1. The first-order valence-corrected chi connectivity index (χ1v) is 9.56. The van der Waals surface area contributed by atoms with Crippen molar-refractivity contribution in [2.75, 3.05) is 24.8 Å². The molecule has 2 aromatic carbocycles. The lowest BCUT2D eigenvalue weighted by molar-refractivity contribution is -0.149. The number of amides is 1. The van der Waals surface area contributed by atoms with Crippen LogP contribution >= 0.6 is 0 Å². The van der Waals surface area contributed by atoms with Gasteiger partial charge in [-0.25, -0.2) is 13.2 Å². The molecule has 2 aromatic rings. The number of para-hydroxylation sites is 1. The van der Waals surface area contributed by atoms with E-state index >= 15 is 0 Å². The van der Waals surface area contributed by atoms with Crippen LogP contribution in [0.1, 0.15) is 5.56 Å². The molecule has 0 atom stereocenters. The number of anilines is 1. The van der Waals surface area contributed by atoms with Gasteiger partial charge in [-0.3, -0.25) is 4.79 Å². The quantitative estimate of drug-likeness (QED) is 0.714. The third kappa shape index (κ3) is 6.13. The number of esters is 1. The van der Waals surface area contributed by atoms with Gasteiger partial charge >= 0.3 is 5.97 Å². The van der Waals surface area contributed by atoms with Crippen molar-refractivity contribution >= 4 is 27.4 Å². The van der Waals surface area contributed by atoms with Gasteiger partial charge in [0, 0.05) is 11.9 Å². The summed E-state index contributed by atoms with van der Waals surface area (Å²) in [7, 11) is -3.32. The molecule has 0 unspecified atom stereocenters. The number of ether oxygens (including phenoxy) is 2. The van der Waals surface area contributed by atoms with E-state index in [0.29, 0.717) is 5.69 Å². The molecule has 140 valence electrons. The molecule has 2 rings (SSSR count). The molecule has 0 heterocycles. The highest BCUT2D eigenvalue weighted by molar-refractivity contribution is 7.90. The summed E-state index contributed by atoms with van der Waals surface area (Å²) in [5, 5.41) is 11.4. The largest absolute Gasteiger partial charge is 0.481 e. The summed E-state index contributed by atoms with van der Waals surface area (Å²) < 4.78 is 32.7. The Labute approximate surface area is 156 Å². The molecule has 0 saturated carbocycles. The number of sulfone groups is 1. The Kier molecular flexibility index (Phi) is 6.51. The number of hydrogen-bond acceptors (Lipinski definition) is 7. The SMILES string of the molecule is CS(=O)(=O)c1ccc(NC(=O)COC(=O)COc2ccccc2C#N)cc1. The molecule has 0 spiro atoms. The zero-order valence-corrected chi connectivity index (χ0v) is 15.2. The Morgan fingerprint density at radius 1 is 1.07 bits per heavy atom. The third-order valence-corrected chi connectivity index (χ3v) is 4.41. The molecule has 9 heteroatoms. The van der Waals surface area contributed by atoms with Crippen molar-refractivity contribution in [1.82, 2.24) is 0 Å². The predicted octanol–water partition coefficient (Wildman–Crippen LogP) is 1.52.